The van der Waals surface area contributed by atoms with Crippen LogP contribution in [0.4, 0.5) is 0 Å². The first kappa shape index (κ1) is 15.9. The highest BCUT2D eigenvalue weighted by atomic mass is 35.5. The van der Waals surface area contributed by atoms with Gasteiger partial charge >= 0.3 is 0 Å². The Balaban J connectivity index is 2.01. The van der Waals surface area contributed by atoms with Crippen LogP contribution in [-0.2, 0) is 13.2 Å². The summed E-state index contributed by atoms with van der Waals surface area (Å²) in [7, 11) is 0. The van der Waals surface area contributed by atoms with E-state index in [0.717, 1.165) is 24.4 Å². The molecular formula is C18H22ClNO. The van der Waals surface area contributed by atoms with Gasteiger partial charge in [0.1, 0.15) is 12.4 Å². The van der Waals surface area contributed by atoms with Crippen LogP contribution in [0.1, 0.15) is 29.2 Å². The van der Waals surface area contributed by atoms with Crippen molar-refractivity contribution in [2.75, 3.05) is 6.54 Å². The fourth-order valence-electron chi connectivity index (χ4n) is 2.10. The number of hydrogen-bond acceptors (Lipinski definition) is 2. The van der Waals surface area contributed by atoms with Gasteiger partial charge in [0.25, 0.3) is 0 Å². The summed E-state index contributed by atoms with van der Waals surface area (Å²) in [6, 6.07) is 12.3. The van der Waals surface area contributed by atoms with E-state index in [0.29, 0.717) is 11.6 Å². The molecule has 0 saturated heterocycles. The first-order chi connectivity index (χ1) is 10.1. The Hall–Kier alpha value is -1.51. The summed E-state index contributed by atoms with van der Waals surface area (Å²) < 4.78 is 5.82. The van der Waals surface area contributed by atoms with E-state index in [9.17, 15) is 0 Å². The Morgan fingerprint density at radius 3 is 2.43 bits per heavy atom. The lowest BCUT2D eigenvalue weighted by Crippen LogP contribution is -2.11. The lowest BCUT2D eigenvalue weighted by Gasteiger charge is -2.11. The van der Waals surface area contributed by atoms with Crippen LogP contribution in [0.2, 0.25) is 5.02 Å². The van der Waals surface area contributed by atoms with Gasteiger partial charge in [0.2, 0.25) is 0 Å². The number of hydrogen-bond donors (Lipinski definition) is 1. The SMILES string of the molecule is CCNCc1ccc(OCc2ccc(C)c(C)c2)c(Cl)c1. The van der Waals surface area contributed by atoms with Crippen molar-refractivity contribution in [3.8, 4) is 5.75 Å². The number of rotatable bonds is 6. The number of halogens is 1. The summed E-state index contributed by atoms with van der Waals surface area (Å²) in [5, 5.41) is 3.94. The van der Waals surface area contributed by atoms with Crippen molar-refractivity contribution in [2.45, 2.75) is 33.9 Å². The molecule has 0 amide bonds. The Bertz CT molecular complexity index is 610. The van der Waals surface area contributed by atoms with Crippen LogP contribution in [0, 0.1) is 13.8 Å². The van der Waals surface area contributed by atoms with E-state index in [1.54, 1.807) is 0 Å². The summed E-state index contributed by atoms with van der Waals surface area (Å²) >= 11 is 6.28. The second-order valence-corrected chi connectivity index (χ2v) is 5.66. The molecule has 21 heavy (non-hydrogen) atoms. The van der Waals surface area contributed by atoms with E-state index >= 15 is 0 Å². The summed E-state index contributed by atoms with van der Waals surface area (Å²) in [6.45, 7) is 8.62. The Morgan fingerprint density at radius 2 is 1.76 bits per heavy atom. The normalized spacial score (nSPS) is 10.7. The average Bonchev–Trinajstić information content (AvgIpc) is 2.47. The second kappa shape index (κ2) is 7.48. The van der Waals surface area contributed by atoms with Gasteiger partial charge in [-0.05, 0) is 54.8 Å². The molecule has 0 atom stereocenters. The third kappa shape index (κ3) is 4.48. The molecule has 0 aliphatic heterocycles. The molecule has 2 nitrogen and oxygen atoms in total. The molecule has 0 unspecified atom stereocenters. The second-order valence-electron chi connectivity index (χ2n) is 5.25. The third-order valence-corrected chi connectivity index (χ3v) is 3.84. The predicted octanol–water partition coefficient (Wildman–Crippen LogP) is 4.65. The van der Waals surface area contributed by atoms with Crippen molar-refractivity contribution in [1.29, 1.82) is 0 Å². The summed E-state index contributed by atoms with van der Waals surface area (Å²) in [5.74, 6) is 0.732. The minimum atomic E-state index is 0.535. The summed E-state index contributed by atoms with van der Waals surface area (Å²) in [5.41, 5.74) is 4.90. The zero-order valence-corrected chi connectivity index (χ0v) is 13.6. The number of nitrogens with one attached hydrogen (secondary N) is 1. The molecule has 2 aromatic rings. The average molecular weight is 304 g/mol. The van der Waals surface area contributed by atoms with Gasteiger partial charge in [0.15, 0.2) is 0 Å². The molecule has 0 fully saturated rings. The van der Waals surface area contributed by atoms with Crippen LogP contribution in [0.15, 0.2) is 36.4 Å². The molecule has 0 bridgehead atoms. The molecule has 0 heterocycles. The largest absolute Gasteiger partial charge is 0.487 e. The van der Waals surface area contributed by atoms with Crippen molar-refractivity contribution in [3.63, 3.8) is 0 Å². The molecule has 0 saturated carbocycles. The molecule has 0 aromatic heterocycles. The third-order valence-electron chi connectivity index (χ3n) is 3.54. The highest BCUT2D eigenvalue weighted by Crippen LogP contribution is 2.26. The molecule has 0 spiro atoms. The van der Waals surface area contributed by atoms with Gasteiger partial charge in [-0.25, -0.2) is 0 Å². The highest BCUT2D eigenvalue weighted by molar-refractivity contribution is 6.32. The summed E-state index contributed by atoms with van der Waals surface area (Å²) in [6.07, 6.45) is 0. The molecule has 0 aliphatic carbocycles. The zero-order valence-electron chi connectivity index (χ0n) is 12.9. The maximum atomic E-state index is 6.28. The monoisotopic (exact) mass is 303 g/mol. The van der Waals surface area contributed by atoms with E-state index in [1.165, 1.54) is 16.7 Å². The van der Waals surface area contributed by atoms with Gasteiger partial charge in [-0.15, -0.1) is 0 Å². The molecule has 112 valence electrons. The highest BCUT2D eigenvalue weighted by Gasteiger charge is 2.04. The van der Waals surface area contributed by atoms with Crippen molar-refractivity contribution in [1.82, 2.24) is 5.32 Å². The fraction of sp³-hybridized carbons (Fsp3) is 0.333. The first-order valence-corrected chi connectivity index (χ1v) is 7.66. The van der Waals surface area contributed by atoms with Crippen LogP contribution in [0.3, 0.4) is 0 Å². The minimum Gasteiger partial charge on any atom is -0.487 e. The van der Waals surface area contributed by atoms with Gasteiger partial charge in [-0.3, -0.25) is 0 Å². The molecule has 2 aromatic carbocycles. The molecule has 1 N–H and O–H groups in total. The minimum absolute atomic E-state index is 0.535. The van der Waals surface area contributed by atoms with Gasteiger partial charge in [0.05, 0.1) is 5.02 Å². The maximum Gasteiger partial charge on any atom is 0.138 e. The standard InChI is InChI=1S/C18H22ClNO/c1-4-20-11-15-7-8-18(17(19)10-15)21-12-16-6-5-13(2)14(3)9-16/h5-10,20H,4,11-12H2,1-3H3. The molecular weight excluding hydrogens is 282 g/mol. The topological polar surface area (TPSA) is 21.3 Å². The smallest absolute Gasteiger partial charge is 0.138 e. The lowest BCUT2D eigenvalue weighted by molar-refractivity contribution is 0.306. The maximum absolute atomic E-state index is 6.28. The Kier molecular flexibility index (Phi) is 5.66. The molecule has 3 heteroatoms. The first-order valence-electron chi connectivity index (χ1n) is 7.28. The van der Waals surface area contributed by atoms with Crippen LogP contribution in [0.25, 0.3) is 0 Å². The lowest BCUT2D eigenvalue weighted by atomic mass is 10.1. The van der Waals surface area contributed by atoms with Crippen molar-refractivity contribution in [3.05, 3.63) is 63.7 Å². The zero-order chi connectivity index (χ0) is 15.2. The van der Waals surface area contributed by atoms with Crippen LogP contribution in [-0.4, -0.2) is 6.54 Å². The number of aryl methyl sites for hydroxylation is 2. The quantitative estimate of drug-likeness (QED) is 0.839. The molecule has 2 rings (SSSR count). The van der Waals surface area contributed by atoms with Crippen molar-refractivity contribution >= 4 is 11.6 Å². The van der Waals surface area contributed by atoms with Gasteiger partial charge in [-0.1, -0.05) is 42.8 Å². The van der Waals surface area contributed by atoms with E-state index in [4.69, 9.17) is 16.3 Å². The van der Waals surface area contributed by atoms with E-state index < -0.39 is 0 Å². The number of benzene rings is 2. The van der Waals surface area contributed by atoms with E-state index in [1.807, 2.05) is 18.2 Å². The van der Waals surface area contributed by atoms with E-state index in [-0.39, 0.29) is 0 Å². The van der Waals surface area contributed by atoms with Crippen molar-refractivity contribution in [2.24, 2.45) is 0 Å². The fourth-order valence-corrected chi connectivity index (χ4v) is 2.35. The predicted molar refractivity (Wildman–Crippen MR) is 89.1 cm³/mol. The van der Waals surface area contributed by atoms with Gasteiger partial charge in [0, 0.05) is 6.54 Å². The Labute approximate surface area is 132 Å². The van der Waals surface area contributed by atoms with Crippen molar-refractivity contribution < 1.29 is 4.74 Å². The van der Waals surface area contributed by atoms with Gasteiger partial charge < -0.3 is 10.1 Å². The molecule has 0 aliphatic rings. The number of ether oxygens (including phenoxy) is 1. The van der Waals surface area contributed by atoms with Crippen LogP contribution >= 0.6 is 11.6 Å². The Morgan fingerprint density at radius 1 is 1.00 bits per heavy atom. The van der Waals surface area contributed by atoms with Crippen LogP contribution in [0.5, 0.6) is 5.75 Å². The van der Waals surface area contributed by atoms with E-state index in [2.05, 4.69) is 44.3 Å². The van der Waals surface area contributed by atoms with Crippen LogP contribution < -0.4 is 10.1 Å². The summed E-state index contributed by atoms with van der Waals surface area (Å²) in [4.78, 5) is 0. The molecule has 0 radical (unpaired) electrons. The van der Waals surface area contributed by atoms with Gasteiger partial charge in [-0.2, -0.15) is 0 Å².